The first kappa shape index (κ1) is 16.0. The molecule has 1 heterocycles. The number of ether oxygens (including phenoxy) is 2. The van der Waals surface area contributed by atoms with Crippen molar-refractivity contribution in [1.82, 2.24) is 4.98 Å². The highest BCUT2D eigenvalue weighted by Gasteiger charge is 2.33. The lowest BCUT2D eigenvalue weighted by molar-refractivity contribution is -0.276. The van der Waals surface area contributed by atoms with E-state index in [1.165, 1.54) is 0 Å². The van der Waals surface area contributed by atoms with Crippen LogP contribution in [0.5, 0.6) is 11.6 Å². The van der Waals surface area contributed by atoms with Crippen molar-refractivity contribution in [2.24, 2.45) is 5.73 Å². The van der Waals surface area contributed by atoms with Gasteiger partial charge in [0.1, 0.15) is 5.75 Å². The van der Waals surface area contributed by atoms with Crippen LogP contribution < -0.4 is 10.5 Å². The summed E-state index contributed by atoms with van der Waals surface area (Å²) < 4.78 is 45.2. The summed E-state index contributed by atoms with van der Waals surface area (Å²) in [6, 6.07) is 0.952. The minimum absolute atomic E-state index is 0.0780. The van der Waals surface area contributed by atoms with E-state index in [0.717, 1.165) is 6.07 Å². The summed E-state index contributed by atoms with van der Waals surface area (Å²) in [5.74, 6) is -2.01. The number of nitrogens with two attached hydrogens (primary N) is 1. The van der Waals surface area contributed by atoms with E-state index in [1.807, 2.05) is 0 Å². The number of nitrogens with zero attached hydrogens (tertiary/aromatic N) is 1. The van der Waals surface area contributed by atoms with Crippen LogP contribution in [0.2, 0.25) is 0 Å². The Morgan fingerprint density at radius 2 is 2.15 bits per heavy atom. The van der Waals surface area contributed by atoms with Gasteiger partial charge >= 0.3 is 12.3 Å². The third-order valence-electron chi connectivity index (χ3n) is 2.16. The molecular formula is C11H13F3N2O4. The second-order valence-corrected chi connectivity index (χ2v) is 3.65. The van der Waals surface area contributed by atoms with Crippen molar-refractivity contribution in [1.29, 1.82) is 0 Å². The van der Waals surface area contributed by atoms with Crippen LogP contribution in [-0.4, -0.2) is 29.0 Å². The first-order chi connectivity index (χ1) is 9.26. The molecule has 9 heteroatoms. The Kier molecular flexibility index (Phi) is 5.14. The minimum atomic E-state index is -4.97. The summed E-state index contributed by atoms with van der Waals surface area (Å²) in [6.07, 6.45) is -5.48. The summed E-state index contributed by atoms with van der Waals surface area (Å²) in [6.45, 7) is 1.35. The van der Waals surface area contributed by atoms with Gasteiger partial charge in [-0.25, -0.2) is 4.98 Å². The zero-order valence-corrected chi connectivity index (χ0v) is 10.5. The van der Waals surface area contributed by atoms with E-state index >= 15 is 0 Å². The van der Waals surface area contributed by atoms with Gasteiger partial charge in [0.2, 0.25) is 5.88 Å². The number of hydrogen-bond acceptors (Lipinski definition) is 6. The van der Waals surface area contributed by atoms with E-state index < -0.39 is 30.4 Å². The van der Waals surface area contributed by atoms with Gasteiger partial charge in [-0.1, -0.05) is 0 Å². The molecule has 0 aliphatic carbocycles. The second-order valence-electron chi connectivity index (χ2n) is 3.65. The summed E-state index contributed by atoms with van der Waals surface area (Å²) in [5.41, 5.74) is 4.82. The molecule has 0 saturated carbocycles. The molecule has 112 valence electrons. The Morgan fingerprint density at radius 3 is 2.65 bits per heavy atom. The van der Waals surface area contributed by atoms with Gasteiger partial charge in [-0.2, -0.15) is 0 Å². The maximum absolute atomic E-state index is 12.3. The van der Waals surface area contributed by atoms with E-state index in [4.69, 9.17) is 5.73 Å². The van der Waals surface area contributed by atoms with Crippen LogP contribution in [0.1, 0.15) is 18.2 Å². The number of aromatic nitrogens is 1. The van der Waals surface area contributed by atoms with Gasteiger partial charge in [0.15, 0.2) is 0 Å². The molecule has 6 nitrogen and oxygen atoms in total. The summed E-state index contributed by atoms with van der Waals surface area (Å²) in [7, 11) is 0. The van der Waals surface area contributed by atoms with E-state index in [2.05, 4.69) is 14.5 Å². The Balaban J connectivity index is 3.12. The molecule has 0 fully saturated rings. The molecule has 0 amide bonds. The van der Waals surface area contributed by atoms with E-state index in [-0.39, 0.29) is 24.4 Å². The van der Waals surface area contributed by atoms with Crippen molar-refractivity contribution in [3.05, 3.63) is 17.3 Å². The number of halogens is 3. The molecule has 1 aromatic heterocycles. The van der Waals surface area contributed by atoms with Crippen molar-refractivity contribution in [2.75, 3.05) is 6.61 Å². The van der Waals surface area contributed by atoms with Crippen LogP contribution in [0.4, 0.5) is 13.2 Å². The molecule has 0 aliphatic rings. The Hall–Kier alpha value is -2.03. The Morgan fingerprint density at radius 1 is 1.50 bits per heavy atom. The average Bonchev–Trinajstić information content (AvgIpc) is 2.31. The molecule has 0 radical (unpaired) electrons. The van der Waals surface area contributed by atoms with Crippen molar-refractivity contribution in [2.45, 2.75) is 26.3 Å². The lowest BCUT2D eigenvalue weighted by Gasteiger charge is -2.14. The van der Waals surface area contributed by atoms with Gasteiger partial charge in [-0.3, -0.25) is 4.79 Å². The van der Waals surface area contributed by atoms with Gasteiger partial charge in [-0.05, 0) is 13.0 Å². The molecule has 0 atom stereocenters. The monoisotopic (exact) mass is 294 g/mol. The third kappa shape index (κ3) is 4.57. The van der Waals surface area contributed by atoms with Crippen LogP contribution in [0, 0.1) is 0 Å². The predicted molar refractivity (Wildman–Crippen MR) is 60.8 cm³/mol. The highest BCUT2D eigenvalue weighted by molar-refractivity contribution is 5.73. The fraction of sp³-hybridized carbons (Fsp3) is 0.455. The number of pyridine rings is 1. The minimum Gasteiger partial charge on any atom is -0.506 e. The maximum Gasteiger partial charge on any atom is 0.574 e. The van der Waals surface area contributed by atoms with Gasteiger partial charge in [0.25, 0.3) is 0 Å². The van der Waals surface area contributed by atoms with Crippen molar-refractivity contribution < 1.29 is 32.5 Å². The lowest BCUT2D eigenvalue weighted by atomic mass is 10.1. The number of aromatic hydroxyl groups is 1. The topological polar surface area (TPSA) is 94.7 Å². The molecule has 3 N–H and O–H groups in total. The zero-order chi connectivity index (χ0) is 15.3. The highest BCUT2D eigenvalue weighted by Crippen LogP contribution is 2.29. The average molecular weight is 294 g/mol. The van der Waals surface area contributed by atoms with E-state index in [9.17, 15) is 23.1 Å². The maximum atomic E-state index is 12.3. The standard InChI is InChI=1S/C11H13F3N2O4/c1-2-19-9(18)4-6-3-8(17)7(5-15)16-10(6)20-11(12,13)14/h3,17H,2,4-5,15H2,1H3. The van der Waals surface area contributed by atoms with Crippen LogP contribution in [0.15, 0.2) is 6.07 Å². The lowest BCUT2D eigenvalue weighted by Crippen LogP contribution is -2.20. The zero-order valence-electron chi connectivity index (χ0n) is 10.5. The molecule has 0 aromatic carbocycles. The van der Waals surface area contributed by atoms with Gasteiger partial charge in [0.05, 0.1) is 18.7 Å². The van der Waals surface area contributed by atoms with E-state index in [1.54, 1.807) is 6.92 Å². The van der Waals surface area contributed by atoms with Gasteiger partial charge < -0.3 is 20.3 Å². The van der Waals surface area contributed by atoms with Crippen LogP contribution in [0.3, 0.4) is 0 Å². The smallest absolute Gasteiger partial charge is 0.506 e. The quantitative estimate of drug-likeness (QED) is 0.794. The number of alkyl halides is 3. The predicted octanol–water partition coefficient (Wildman–Crippen LogP) is 1.25. The number of hydrogen-bond donors (Lipinski definition) is 2. The van der Waals surface area contributed by atoms with Crippen molar-refractivity contribution >= 4 is 5.97 Å². The first-order valence-corrected chi connectivity index (χ1v) is 5.60. The third-order valence-corrected chi connectivity index (χ3v) is 2.16. The molecule has 0 bridgehead atoms. The Labute approximate surface area is 112 Å². The molecule has 20 heavy (non-hydrogen) atoms. The molecular weight excluding hydrogens is 281 g/mol. The largest absolute Gasteiger partial charge is 0.574 e. The van der Waals surface area contributed by atoms with Crippen molar-refractivity contribution in [3.63, 3.8) is 0 Å². The fourth-order valence-corrected chi connectivity index (χ4v) is 1.40. The normalized spacial score (nSPS) is 11.2. The van der Waals surface area contributed by atoms with Crippen LogP contribution in [-0.2, 0) is 22.5 Å². The van der Waals surface area contributed by atoms with Crippen molar-refractivity contribution in [3.8, 4) is 11.6 Å². The highest BCUT2D eigenvalue weighted by atomic mass is 19.4. The van der Waals surface area contributed by atoms with Gasteiger partial charge in [0, 0.05) is 12.1 Å². The van der Waals surface area contributed by atoms with Crippen LogP contribution in [0.25, 0.3) is 0 Å². The first-order valence-electron chi connectivity index (χ1n) is 5.60. The molecule has 0 saturated heterocycles. The van der Waals surface area contributed by atoms with Gasteiger partial charge in [-0.15, -0.1) is 13.2 Å². The number of carbonyl (C=O) groups is 1. The molecule has 0 spiro atoms. The fourth-order valence-electron chi connectivity index (χ4n) is 1.40. The molecule has 0 unspecified atom stereocenters. The number of esters is 1. The summed E-state index contributed by atoms with van der Waals surface area (Å²) >= 11 is 0. The SMILES string of the molecule is CCOC(=O)Cc1cc(O)c(CN)nc1OC(F)(F)F. The second kappa shape index (κ2) is 6.42. The Bertz CT molecular complexity index is 491. The van der Waals surface area contributed by atoms with Crippen LogP contribution >= 0.6 is 0 Å². The molecule has 0 aliphatic heterocycles. The molecule has 1 aromatic rings. The molecule has 1 rings (SSSR count). The summed E-state index contributed by atoms with van der Waals surface area (Å²) in [5, 5.41) is 9.53. The summed E-state index contributed by atoms with van der Waals surface area (Å²) in [4.78, 5) is 14.8. The van der Waals surface area contributed by atoms with E-state index in [0.29, 0.717) is 0 Å². The number of carbonyl (C=O) groups excluding carboxylic acids is 1. The number of rotatable bonds is 5.